The van der Waals surface area contributed by atoms with E-state index in [2.05, 4.69) is 29.1 Å². The fraction of sp³-hybridized carbons (Fsp3) is 0.750. The summed E-state index contributed by atoms with van der Waals surface area (Å²) in [7, 11) is -4.85. The topological polar surface area (TPSA) is 82.5 Å². The SMILES string of the molecule is CCCC[Si](C)(C)N=S(N)(=O)c1cnn2c1OCCC2. The second kappa shape index (κ2) is 5.86. The summed E-state index contributed by atoms with van der Waals surface area (Å²) in [5.74, 6) is 0.535. The van der Waals surface area contributed by atoms with E-state index in [0.717, 1.165) is 31.9 Å². The zero-order chi connectivity index (χ0) is 14.8. The van der Waals surface area contributed by atoms with Crippen LogP contribution in [0, 0.1) is 0 Å². The fourth-order valence-corrected chi connectivity index (χ4v) is 7.84. The molecule has 1 atom stereocenters. The summed E-state index contributed by atoms with van der Waals surface area (Å²) in [5.41, 5.74) is 0. The summed E-state index contributed by atoms with van der Waals surface area (Å²) in [6.07, 6.45) is 4.68. The standard InChI is InChI=1S/C12H24N4O2SSi/c1-4-5-9-20(2,3)15-19(13,17)11-10-14-16-7-6-8-18-12(11)16/h10H,4-9H2,1-3H3,(H2,13,15,17). The van der Waals surface area contributed by atoms with Gasteiger partial charge in [0.25, 0.3) is 0 Å². The molecule has 20 heavy (non-hydrogen) atoms. The summed E-state index contributed by atoms with van der Waals surface area (Å²) in [6, 6.07) is 1.00. The smallest absolute Gasteiger partial charge is 0.230 e. The molecule has 6 nitrogen and oxygen atoms in total. The lowest BCUT2D eigenvalue weighted by molar-refractivity contribution is 0.224. The van der Waals surface area contributed by atoms with E-state index in [0.29, 0.717) is 17.4 Å². The molecule has 0 saturated heterocycles. The third-order valence-electron chi connectivity index (χ3n) is 3.35. The third kappa shape index (κ3) is 3.42. The second-order valence-electron chi connectivity index (χ2n) is 5.82. The number of unbranched alkanes of at least 4 members (excludes halogenated alkanes) is 1. The number of fused-ring (bicyclic) bond motifs is 1. The first-order valence-corrected chi connectivity index (χ1v) is 11.8. The summed E-state index contributed by atoms with van der Waals surface area (Å²) in [5, 5.41) is 10.2. The lowest BCUT2D eigenvalue weighted by atomic mass is 10.4. The molecule has 2 rings (SSSR count). The molecule has 1 aromatic heterocycles. The maximum Gasteiger partial charge on any atom is 0.230 e. The Morgan fingerprint density at radius 3 is 3.05 bits per heavy atom. The molecule has 2 N–H and O–H groups in total. The van der Waals surface area contributed by atoms with Gasteiger partial charge in [0.2, 0.25) is 5.88 Å². The summed E-state index contributed by atoms with van der Waals surface area (Å²) >= 11 is 0. The van der Waals surface area contributed by atoms with E-state index in [1.807, 2.05) is 0 Å². The average Bonchev–Trinajstić information content (AvgIpc) is 2.80. The number of hydrogen-bond donors (Lipinski definition) is 1. The van der Waals surface area contributed by atoms with Gasteiger partial charge in [-0.25, -0.2) is 14.0 Å². The number of nitrogens with two attached hydrogens (primary N) is 1. The van der Waals surface area contributed by atoms with Crippen molar-refractivity contribution >= 4 is 18.2 Å². The number of aryl methyl sites for hydroxylation is 1. The van der Waals surface area contributed by atoms with E-state index < -0.39 is 18.2 Å². The van der Waals surface area contributed by atoms with E-state index in [1.54, 1.807) is 10.9 Å². The number of nitrogens with zero attached hydrogens (tertiary/aromatic N) is 3. The van der Waals surface area contributed by atoms with Crippen LogP contribution in [0.2, 0.25) is 19.1 Å². The van der Waals surface area contributed by atoms with Crippen LogP contribution in [-0.4, -0.2) is 28.8 Å². The van der Waals surface area contributed by atoms with Gasteiger partial charge in [0.15, 0.2) is 8.24 Å². The molecule has 0 aliphatic carbocycles. The Labute approximate surface area is 122 Å². The van der Waals surface area contributed by atoms with Crippen LogP contribution >= 0.6 is 0 Å². The molecule has 114 valence electrons. The van der Waals surface area contributed by atoms with Crippen LogP contribution in [-0.2, 0) is 16.5 Å². The molecule has 0 saturated carbocycles. The molecule has 8 heteroatoms. The highest BCUT2D eigenvalue weighted by Crippen LogP contribution is 2.28. The van der Waals surface area contributed by atoms with Crippen molar-refractivity contribution in [2.45, 2.75) is 56.8 Å². The van der Waals surface area contributed by atoms with Crippen LogP contribution in [0.4, 0.5) is 0 Å². The predicted molar refractivity (Wildman–Crippen MR) is 82.6 cm³/mol. The van der Waals surface area contributed by atoms with E-state index in [9.17, 15) is 4.21 Å². The molecule has 1 aliphatic heterocycles. The number of hydrogen-bond acceptors (Lipinski definition) is 4. The van der Waals surface area contributed by atoms with Gasteiger partial charge in [-0.2, -0.15) is 5.10 Å². The minimum absolute atomic E-state index is 0.453. The van der Waals surface area contributed by atoms with Crippen molar-refractivity contribution in [2.75, 3.05) is 6.61 Å². The number of ether oxygens (including phenoxy) is 1. The highest BCUT2D eigenvalue weighted by atomic mass is 32.2. The second-order valence-corrected chi connectivity index (χ2v) is 12.2. The van der Waals surface area contributed by atoms with Gasteiger partial charge >= 0.3 is 0 Å². The lowest BCUT2D eigenvalue weighted by Crippen LogP contribution is -2.28. The van der Waals surface area contributed by atoms with E-state index in [4.69, 9.17) is 9.88 Å². The maximum atomic E-state index is 12.8. The summed E-state index contributed by atoms with van der Waals surface area (Å²) in [6.45, 7) is 7.75. The largest absolute Gasteiger partial charge is 0.477 e. The Morgan fingerprint density at radius 2 is 2.35 bits per heavy atom. The van der Waals surface area contributed by atoms with Crippen molar-refractivity contribution in [1.29, 1.82) is 0 Å². The van der Waals surface area contributed by atoms with Crippen molar-refractivity contribution in [2.24, 2.45) is 9.17 Å². The molecule has 1 aliphatic rings. The van der Waals surface area contributed by atoms with E-state index in [1.165, 1.54) is 0 Å². The molecule has 2 heterocycles. The highest BCUT2D eigenvalue weighted by Gasteiger charge is 2.27. The van der Waals surface area contributed by atoms with Gasteiger partial charge in [-0.05, 0) is 19.1 Å². The van der Waals surface area contributed by atoms with Crippen molar-refractivity contribution < 1.29 is 8.95 Å². The molecule has 0 bridgehead atoms. The van der Waals surface area contributed by atoms with Gasteiger partial charge in [0.1, 0.15) is 14.8 Å². The van der Waals surface area contributed by atoms with Crippen LogP contribution in [0.15, 0.2) is 15.1 Å². The summed E-state index contributed by atoms with van der Waals surface area (Å²) in [4.78, 5) is 0.453. The molecule has 0 aromatic carbocycles. The van der Waals surface area contributed by atoms with Crippen LogP contribution in [0.3, 0.4) is 0 Å². The zero-order valence-electron chi connectivity index (χ0n) is 12.5. The molecular weight excluding hydrogens is 292 g/mol. The van der Waals surface area contributed by atoms with Gasteiger partial charge in [-0.1, -0.05) is 19.8 Å². The minimum Gasteiger partial charge on any atom is -0.477 e. The van der Waals surface area contributed by atoms with Crippen molar-refractivity contribution in [3.63, 3.8) is 0 Å². The first kappa shape index (κ1) is 15.5. The molecule has 1 aromatic rings. The monoisotopic (exact) mass is 316 g/mol. The van der Waals surface area contributed by atoms with Crippen molar-refractivity contribution in [3.05, 3.63) is 6.20 Å². The molecule has 0 radical (unpaired) electrons. The predicted octanol–water partition coefficient (Wildman–Crippen LogP) is 2.37. The van der Waals surface area contributed by atoms with Crippen LogP contribution in [0.25, 0.3) is 0 Å². The normalized spacial score (nSPS) is 18.0. The third-order valence-corrected chi connectivity index (χ3v) is 8.90. The van der Waals surface area contributed by atoms with Gasteiger partial charge in [-0.15, -0.1) is 0 Å². The highest BCUT2D eigenvalue weighted by molar-refractivity contribution is 7.92. The Kier molecular flexibility index (Phi) is 4.55. The van der Waals surface area contributed by atoms with Crippen LogP contribution in [0.1, 0.15) is 26.2 Å². The molecule has 0 spiro atoms. The van der Waals surface area contributed by atoms with Gasteiger partial charge in [0, 0.05) is 13.0 Å². The van der Waals surface area contributed by atoms with Gasteiger partial charge in [0.05, 0.1) is 12.8 Å². The number of aromatic nitrogens is 2. The first-order chi connectivity index (χ1) is 9.36. The van der Waals surface area contributed by atoms with Crippen LogP contribution in [0.5, 0.6) is 5.88 Å². The lowest BCUT2D eigenvalue weighted by Gasteiger charge is -2.19. The fourth-order valence-electron chi connectivity index (χ4n) is 2.32. The molecular formula is C12H24N4O2SSi. The van der Waals surface area contributed by atoms with Crippen LogP contribution < -0.4 is 9.88 Å². The maximum absolute atomic E-state index is 12.8. The van der Waals surface area contributed by atoms with E-state index >= 15 is 0 Å². The van der Waals surface area contributed by atoms with E-state index in [-0.39, 0.29) is 0 Å². The minimum atomic E-state index is -2.92. The first-order valence-electron chi connectivity index (χ1n) is 7.10. The van der Waals surface area contributed by atoms with Gasteiger partial charge in [-0.3, -0.25) is 4.03 Å². The molecule has 1 unspecified atom stereocenters. The molecule has 0 fully saturated rings. The zero-order valence-corrected chi connectivity index (χ0v) is 14.3. The Bertz CT molecular complexity index is 590. The van der Waals surface area contributed by atoms with Gasteiger partial charge < -0.3 is 4.74 Å². The Balaban J connectivity index is 2.34. The average molecular weight is 317 g/mol. The Morgan fingerprint density at radius 1 is 1.60 bits per heavy atom. The van der Waals surface area contributed by atoms with Crippen molar-refractivity contribution in [3.8, 4) is 5.88 Å². The Hall–Kier alpha value is -0.863. The summed E-state index contributed by atoms with van der Waals surface area (Å²) < 4.78 is 24.6. The van der Waals surface area contributed by atoms with Crippen molar-refractivity contribution in [1.82, 2.24) is 9.78 Å². The quantitative estimate of drug-likeness (QED) is 0.847. The molecule has 0 amide bonds. The number of rotatable bonds is 5.